The third kappa shape index (κ3) is 20.6. The van der Waals surface area contributed by atoms with Gasteiger partial charge in [0.2, 0.25) is 0 Å². The Bertz CT molecular complexity index is 2190. The number of halogens is 15. The Morgan fingerprint density at radius 3 is 1.07 bits per heavy atom. The molecule has 4 unspecified atom stereocenters. The molecular formula is C43H63F15O15S3. The monoisotopic (exact) mass is 1200 g/mol. The van der Waals surface area contributed by atoms with Crippen LogP contribution in [0.1, 0.15) is 124 Å². The third-order valence-electron chi connectivity index (χ3n) is 13.6. The van der Waals surface area contributed by atoms with E-state index in [-0.39, 0.29) is 97.7 Å². The Morgan fingerprint density at radius 2 is 0.776 bits per heavy atom. The second kappa shape index (κ2) is 26.1. The van der Waals surface area contributed by atoms with Gasteiger partial charge in [-0.15, -0.1) is 0 Å². The van der Waals surface area contributed by atoms with Crippen LogP contribution in [-0.4, -0.2) is 159 Å². The molecule has 0 bridgehead atoms. The Morgan fingerprint density at radius 1 is 0.474 bits per heavy atom. The van der Waals surface area contributed by atoms with Gasteiger partial charge in [-0.25, -0.2) is 25.3 Å². The summed E-state index contributed by atoms with van der Waals surface area (Å²) in [6.07, 6.45) is -35.9. The molecule has 0 aromatic heterocycles. The fraction of sp³-hybridized carbons (Fsp3) is 0.930. The topological polar surface area (TPSA) is 242 Å². The van der Waals surface area contributed by atoms with Crippen LogP contribution < -0.4 is 0 Å². The molecule has 3 heterocycles. The predicted octanol–water partition coefficient (Wildman–Crippen LogP) is 7.76. The fourth-order valence-electron chi connectivity index (χ4n) is 8.77. The van der Waals surface area contributed by atoms with Gasteiger partial charge in [0.25, 0.3) is 11.2 Å². The average Bonchev–Trinajstić information content (AvgIpc) is 3.77. The molecule has 4 fully saturated rings. The number of aliphatic hydroxyl groups is 3. The summed E-state index contributed by atoms with van der Waals surface area (Å²) in [5, 5.41) is 28.1. The van der Waals surface area contributed by atoms with Gasteiger partial charge in [0.15, 0.2) is 11.7 Å². The van der Waals surface area contributed by atoms with Crippen LogP contribution in [0.4, 0.5) is 65.9 Å². The molecule has 0 aromatic carbocycles. The van der Waals surface area contributed by atoms with E-state index in [2.05, 4.69) is 4.74 Å². The molecule has 1 aliphatic carbocycles. The number of sulfone groups is 3. The van der Waals surface area contributed by atoms with E-state index in [0.29, 0.717) is 32.6 Å². The first-order chi connectivity index (χ1) is 34.1. The van der Waals surface area contributed by atoms with Gasteiger partial charge in [0.1, 0.15) is 35.6 Å². The van der Waals surface area contributed by atoms with Crippen molar-refractivity contribution in [3.8, 4) is 0 Å². The molecule has 1 saturated carbocycles. The number of carbonyl (C=O) groups is 3. The van der Waals surface area contributed by atoms with Crippen molar-refractivity contribution in [1.82, 2.24) is 0 Å². The first kappa shape index (κ1) is 69.2. The lowest BCUT2D eigenvalue weighted by Crippen LogP contribution is -2.66. The quantitative estimate of drug-likeness (QED) is 0.0760. The van der Waals surface area contributed by atoms with Crippen LogP contribution in [0.3, 0.4) is 0 Å². The number of hydrogen-bond donors (Lipinski definition) is 3. The van der Waals surface area contributed by atoms with Gasteiger partial charge in [-0.3, -0.25) is 14.4 Å². The minimum Gasteiger partial charge on any atom is -0.463 e. The van der Waals surface area contributed by atoms with Crippen LogP contribution in [0.25, 0.3) is 0 Å². The summed E-state index contributed by atoms with van der Waals surface area (Å²) in [7, 11) is -9.38. The molecular weight excluding hydrogens is 1140 g/mol. The minimum atomic E-state index is -6.09. The molecule has 3 N–H and O–H groups in total. The number of hydrogen-bond acceptors (Lipinski definition) is 15. The minimum absolute atomic E-state index is 0.0171. The molecule has 33 heteroatoms. The van der Waals surface area contributed by atoms with Crippen molar-refractivity contribution in [1.29, 1.82) is 0 Å². The normalized spacial score (nSPS) is 22.5. The molecule has 3 aliphatic heterocycles. The van der Waals surface area contributed by atoms with Crippen LogP contribution >= 0.6 is 0 Å². The van der Waals surface area contributed by atoms with E-state index in [1.807, 2.05) is 0 Å². The Balaban J connectivity index is 0.000000393. The van der Waals surface area contributed by atoms with Crippen molar-refractivity contribution in [3.05, 3.63) is 0 Å². The molecule has 4 aliphatic rings. The van der Waals surface area contributed by atoms with Gasteiger partial charge < -0.3 is 29.5 Å². The number of rotatable bonds is 16. The highest BCUT2D eigenvalue weighted by atomic mass is 32.2. The van der Waals surface area contributed by atoms with Crippen molar-refractivity contribution in [2.75, 3.05) is 34.5 Å². The molecule has 3 saturated heterocycles. The standard InChI is InChI=1S/C16H22F6O5S.C14H20F6O5S.C13H21F3O5S/c17-15(18,19)14(24,16(20,21)22)13(11-3-1-2-4-11)27-12(23)9-10-5-7-28(25,26)8-6-10;1-9(2-5-12(22,13(15,16)17)14(18,19)20)25-11(21)8-10-3-6-26(23,24)7-4-10;1-9(8-12(2,18)13(14,15)16)21-11(17)7-10-3-5-22(19,20)6-4-10/h10-11,13,24H,1-9H2;9-10,22H,2-8H2,1H3;9-10,18H,3-8H2,1-2H3. The molecule has 4 rings (SSSR count). The van der Waals surface area contributed by atoms with Gasteiger partial charge in [0.05, 0.1) is 40.6 Å². The van der Waals surface area contributed by atoms with E-state index in [1.165, 1.54) is 6.92 Å². The fourth-order valence-corrected chi connectivity index (χ4v) is 13.5. The lowest BCUT2D eigenvalue weighted by Gasteiger charge is -2.40. The largest absolute Gasteiger partial charge is 0.463 e. The van der Waals surface area contributed by atoms with Gasteiger partial charge >= 0.3 is 48.8 Å². The first-order valence-corrected chi connectivity index (χ1v) is 29.2. The van der Waals surface area contributed by atoms with Crippen molar-refractivity contribution in [2.45, 2.75) is 190 Å². The summed E-state index contributed by atoms with van der Waals surface area (Å²) < 4.78 is 275. The van der Waals surface area contributed by atoms with E-state index >= 15 is 0 Å². The highest BCUT2D eigenvalue weighted by Gasteiger charge is 2.76. The predicted molar refractivity (Wildman–Crippen MR) is 236 cm³/mol. The SMILES string of the molecule is CC(CC(C)(O)C(F)(F)F)OC(=O)CC1CCS(=O)(=O)CC1.CC(CCC(O)(C(F)(F)F)C(F)(F)F)OC(=O)CC1CCS(=O)(=O)CC1.O=C(CC1CCS(=O)(=O)CC1)OC(C1CCCC1)C(O)(C(F)(F)F)C(F)(F)F. The zero-order valence-corrected chi connectivity index (χ0v) is 43.7. The number of alkyl halides is 15. The summed E-state index contributed by atoms with van der Waals surface area (Å²) in [6.45, 7) is 3.03. The Kier molecular flexibility index (Phi) is 23.8. The van der Waals surface area contributed by atoms with Crippen LogP contribution in [0.5, 0.6) is 0 Å². The molecule has 15 nitrogen and oxygen atoms in total. The molecule has 0 amide bonds. The third-order valence-corrected chi connectivity index (χ3v) is 18.7. The van der Waals surface area contributed by atoms with E-state index in [9.17, 15) is 116 Å². The van der Waals surface area contributed by atoms with E-state index < -0.39 is 151 Å². The second-order valence-corrected chi connectivity index (χ2v) is 27.0. The van der Waals surface area contributed by atoms with Gasteiger partial charge in [0, 0.05) is 25.7 Å². The smallest absolute Gasteiger partial charge is 0.430 e. The van der Waals surface area contributed by atoms with E-state index in [4.69, 9.17) is 14.6 Å². The maximum atomic E-state index is 13.3. The summed E-state index contributed by atoms with van der Waals surface area (Å²) in [6, 6.07) is 0. The molecule has 0 radical (unpaired) electrons. The zero-order chi connectivity index (χ0) is 59.0. The zero-order valence-electron chi connectivity index (χ0n) is 41.2. The second-order valence-electron chi connectivity index (χ2n) is 20.1. The van der Waals surface area contributed by atoms with Crippen LogP contribution in [0.15, 0.2) is 0 Å². The van der Waals surface area contributed by atoms with Gasteiger partial charge in [-0.2, -0.15) is 65.9 Å². The molecule has 448 valence electrons. The highest BCUT2D eigenvalue weighted by Crippen LogP contribution is 2.51. The highest BCUT2D eigenvalue weighted by molar-refractivity contribution is 7.91. The lowest BCUT2D eigenvalue weighted by molar-refractivity contribution is -0.395. The maximum Gasteiger partial charge on any atom is 0.430 e. The number of esters is 3. The maximum absolute atomic E-state index is 13.3. The number of ether oxygens (including phenoxy) is 3. The van der Waals surface area contributed by atoms with Crippen LogP contribution in [-0.2, 0) is 58.1 Å². The van der Waals surface area contributed by atoms with E-state index in [1.54, 1.807) is 0 Å². The van der Waals surface area contributed by atoms with Gasteiger partial charge in [-0.1, -0.05) is 12.8 Å². The molecule has 0 spiro atoms. The van der Waals surface area contributed by atoms with Crippen molar-refractivity contribution in [3.63, 3.8) is 0 Å². The Labute approximate surface area is 429 Å². The van der Waals surface area contributed by atoms with Crippen molar-refractivity contribution < 1.29 is 135 Å². The van der Waals surface area contributed by atoms with E-state index in [0.717, 1.165) is 6.92 Å². The summed E-state index contributed by atoms with van der Waals surface area (Å²) in [5.74, 6) is -5.51. The Hall–Kier alpha value is -2.91. The summed E-state index contributed by atoms with van der Waals surface area (Å²) >= 11 is 0. The molecule has 0 aromatic rings. The van der Waals surface area contributed by atoms with Crippen molar-refractivity contribution in [2.24, 2.45) is 23.7 Å². The summed E-state index contributed by atoms with van der Waals surface area (Å²) in [5.41, 5.74) is -13.0. The molecule has 4 atom stereocenters. The van der Waals surface area contributed by atoms with Crippen LogP contribution in [0, 0.1) is 23.7 Å². The average molecular weight is 1200 g/mol. The summed E-state index contributed by atoms with van der Waals surface area (Å²) in [4.78, 5) is 35.5. The lowest BCUT2D eigenvalue weighted by atomic mass is 9.84. The number of carbonyl (C=O) groups excluding carboxylic acids is 3. The molecule has 76 heavy (non-hydrogen) atoms. The van der Waals surface area contributed by atoms with Gasteiger partial charge in [-0.05, 0) is 109 Å². The van der Waals surface area contributed by atoms with Crippen LogP contribution in [0.2, 0.25) is 0 Å². The van der Waals surface area contributed by atoms with Crippen molar-refractivity contribution >= 4 is 47.4 Å². The first-order valence-electron chi connectivity index (χ1n) is 23.8.